The van der Waals surface area contributed by atoms with Gasteiger partial charge in [0.2, 0.25) is 0 Å². The van der Waals surface area contributed by atoms with Crippen LogP contribution in [-0.4, -0.2) is 24.5 Å². The molecule has 0 spiro atoms. The zero-order chi connectivity index (χ0) is 11.5. The van der Waals surface area contributed by atoms with Crippen LogP contribution < -0.4 is 4.74 Å². The van der Waals surface area contributed by atoms with Crippen LogP contribution in [0.25, 0.3) is 0 Å². The van der Waals surface area contributed by atoms with E-state index in [0.29, 0.717) is 12.3 Å². The van der Waals surface area contributed by atoms with Gasteiger partial charge in [0, 0.05) is 12.5 Å². The van der Waals surface area contributed by atoms with E-state index in [4.69, 9.17) is 9.57 Å². The van der Waals surface area contributed by atoms with E-state index in [-0.39, 0.29) is 5.97 Å². The molecule has 1 aliphatic rings. The number of carbonyl (C=O) groups excluding carboxylic acids is 1. The minimum Gasteiger partial charge on any atom is -0.427 e. The highest BCUT2D eigenvalue weighted by Gasteiger charge is 2.12. The number of benzene rings is 1. The SMILES string of the molecule is CON1C=Nc2ccc(OC(C)=O)cc2C1. The summed E-state index contributed by atoms with van der Waals surface area (Å²) in [6.07, 6.45) is 1.62. The van der Waals surface area contributed by atoms with E-state index in [2.05, 4.69) is 4.99 Å². The number of fused-ring (bicyclic) bond motifs is 1. The van der Waals surface area contributed by atoms with Gasteiger partial charge in [-0.25, -0.2) is 10.1 Å². The molecule has 1 aromatic carbocycles. The molecule has 1 aromatic rings. The molecule has 0 N–H and O–H groups in total. The second-order valence-electron chi connectivity index (χ2n) is 3.39. The molecule has 84 valence electrons. The van der Waals surface area contributed by atoms with Gasteiger partial charge >= 0.3 is 5.97 Å². The van der Waals surface area contributed by atoms with E-state index in [9.17, 15) is 4.79 Å². The number of ether oxygens (including phenoxy) is 1. The minimum absolute atomic E-state index is 0.331. The van der Waals surface area contributed by atoms with E-state index in [0.717, 1.165) is 11.3 Å². The van der Waals surface area contributed by atoms with E-state index in [1.54, 1.807) is 30.6 Å². The predicted molar refractivity (Wildman–Crippen MR) is 58.5 cm³/mol. The van der Waals surface area contributed by atoms with Crippen molar-refractivity contribution in [1.82, 2.24) is 5.06 Å². The van der Waals surface area contributed by atoms with Gasteiger partial charge in [-0.3, -0.25) is 9.63 Å². The smallest absolute Gasteiger partial charge is 0.308 e. The average molecular weight is 220 g/mol. The second kappa shape index (κ2) is 4.32. The van der Waals surface area contributed by atoms with E-state index in [1.165, 1.54) is 6.92 Å². The number of esters is 1. The van der Waals surface area contributed by atoms with Crippen molar-refractivity contribution in [2.75, 3.05) is 7.11 Å². The van der Waals surface area contributed by atoms with Crippen molar-refractivity contribution in [3.8, 4) is 5.75 Å². The second-order valence-corrected chi connectivity index (χ2v) is 3.39. The van der Waals surface area contributed by atoms with Gasteiger partial charge in [-0.15, -0.1) is 0 Å². The van der Waals surface area contributed by atoms with Crippen LogP contribution in [0.3, 0.4) is 0 Å². The number of hydroxylamine groups is 2. The van der Waals surface area contributed by atoms with Crippen LogP contribution in [0.15, 0.2) is 23.2 Å². The lowest BCUT2D eigenvalue weighted by atomic mass is 10.1. The monoisotopic (exact) mass is 220 g/mol. The number of hydrogen-bond acceptors (Lipinski definition) is 5. The zero-order valence-corrected chi connectivity index (χ0v) is 9.14. The predicted octanol–water partition coefficient (Wildman–Crippen LogP) is 1.65. The molecule has 0 aliphatic carbocycles. The Morgan fingerprint density at radius 3 is 3.00 bits per heavy atom. The molecule has 5 heteroatoms. The fourth-order valence-corrected chi connectivity index (χ4v) is 1.49. The minimum atomic E-state index is -0.331. The molecule has 0 unspecified atom stereocenters. The zero-order valence-electron chi connectivity index (χ0n) is 9.14. The van der Waals surface area contributed by atoms with Gasteiger partial charge < -0.3 is 4.74 Å². The highest BCUT2D eigenvalue weighted by molar-refractivity contribution is 5.71. The molecule has 0 amide bonds. The first-order valence-corrected chi connectivity index (χ1v) is 4.85. The molecule has 2 rings (SSSR count). The van der Waals surface area contributed by atoms with Crippen LogP contribution in [0.5, 0.6) is 5.75 Å². The van der Waals surface area contributed by atoms with E-state index >= 15 is 0 Å². The Labute approximate surface area is 93.2 Å². The van der Waals surface area contributed by atoms with Crippen molar-refractivity contribution in [2.24, 2.45) is 4.99 Å². The van der Waals surface area contributed by atoms with E-state index in [1.807, 2.05) is 6.07 Å². The summed E-state index contributed by atoms with van der Waals surface area (Å²) in [5, 5.41) is 1.60. The van der Waals surface area contributed by atoms with Gasteiger partial charge in [-0.1, -0.05) is 0 Å². The number of carbonyl (C=O) groups is 1. The Morgan fingerprint density at radius 1 is 1.50 bits per heavy atom. The Morgan fingerprint density at radius 2 is 2.31 bits per heavy atom. The Balaban J connectivity index is 2.25. The Bertz CT molecular complexity index is 443. The molecule has 0 bridgehead atoms. The summed E-state index contributed by atoms with van der Waals surface area (Å²) >= 11 is 0. The molecular formula is C11H12N2O3. The first-order chi connectivity index (χ1) is 7.69. The highest BCUT2D eigenvalue weighted by Crippen LogP contribution is 2.28. The third kappa shape index (κ3) is 2.20. The number of nitrogens with zero attached hydrogens (tertiary/aromatic N) is 2. The van der Waals surface area contributed by atoms with Crippen LogP contribution in [0.4, 0.5) is 5.69 Å². The van der Waals surface area contributed by atoms with Gasteiger partial charge in [0.25, 0.3) is 0 Å². The fourth-order valence-electron chi connectivity index (χ4n) is 1.49. The van der Waals surface area contributed by atoms with E-state index < -0.39 is 0 Å². The van der Waals surface area contributed by atoms with Crippen molar-refractivity contribution in [1.29, 1.82) is 0 Å². The average Bonchev–Trinajstić information content (AvgIpc) is 2.27. The maximum Gasteiger partial charge on any atom is 0.308 e. The maximum atomic E-state index is 10.8. The van der Waals surface area contributed by atoms with Gasteiger partial charge in [-0.05, 0) is 18.2 Å². The number of rotatable bonds is 2. The summed E-state index contributed by atoms with van der Waals surface area (Å²) in [6, 6.07) is 5.33. The maximum absolute atomic E-state index is 10.8. The molecule has 0 fully saturated rings. The molecule has 1 heterocycles. The number of aliphatic imine (C=N–C) groups is 1. The standard InChI is InChI=1S/C11H12N2O3/c1-8(14)16-10-3-4-11-9(5-10)6-13(15-2)7-12-11/h3-5,7H,6H2,1-2H3. The lowest BCUT2D eigenvalue weighted by Gasteiger charge is -2.21. The lowest BCUT2D eigenvalue weighted by Crippen LogP contribution is -2.22. The third-order valence-electron chi connectivity index (χ3n) is 2.20. The Kier molecular flexibility index (Phi) is 2.87. The molecular weight excluding hydrogens is 208 g/mol. The van der Waals surface area contributed by atoms with Crippen LogP contribution in [0, 0.1) is 0 Å². The quantitative estimate of drug-likeness (QED) is 0.561. The lowest BCUT2D eigenvalue weighted by molar-refractivity contribution is -0.131. The van der Waals surface area contributed by atoms with Gasteiger partial charge in [-0.2, -0.15) is 0 Å². The highest BCUT2D eigenvalue weighted by atomic mass is 16.7. The number of hydrogen-bond donors (Lipinski definition) is 0. The fraction of sp³-hybridized carbons (Fsp3) is 0.273. The van der Waals surface area contributed by atoms with Crippen molar-refractivity contribution < 1.29 is 14.4 Å². The van der Waals surface area contributed by atoms with Gasteiger partial charge in [0.15, 0.2) is 0 Å². The largest absolute Gasteiger partial charge is 0.427 e. The molecule has 0 saturated carbocycles. The topological polar surface area (TPSA) is 51.1 Å². The first-order valence-electron chi connectivity index (χ1n) is 4.85. The summed E-state index contributed by atoms with van der Waals surface area (Å²) in [5.74, 6) is 0.197. The van der Waals surface area contributed by atoms with Crippen LogP contribution in [0.1, 0.15) is 12.5 Å². The molecule has 0 atom stereocenters. The normalized spacial score (nSPS) is 13.5. The van der Waals surface area contributed by atoms with Crippen molar-refractivity contribution in [3.63, 3.8) is 0 Å². The molecule has 16 heavy (non-hydrogen) atoms. The molecule has 1 aliphatic heterocycles. The molecule has 0 saturated heterocycles. The van der Waals surface area contributed by atoms with Crippen LogP contribution in [-0.2, 0) is 16.2 Å². The molecule has 5 nitrogen and oxygen atoms in total. The van der Waals surface area contributed by atoms with Gasteiger partial charge in [0.1, 0.15) is 12.1 Å². The summed E-state index contributed by atoms with van der Waals surface area (Å²) in [4.78, 5) is 20.1. The summed E-state index contributed by atoms with van der Waals surface area (Å²) < 4.78 is 5.00. The van der Waals surface area contributed by atoms with Crippen molar-refractivity contribution >= 4 is 18.0 Å². The summed E-state index contributed by atoms with van der Waals surface area (Å²) in [5.41, 5.74) is 1.83. The molecule has 0 aromatic heterocycles. The summed E-state index contributed by atoms with van der Waals surface area (Å²) in [7, 11) is 1.58. The molecule has 0 radical (unpaired) electrons. The van der Waals surface area contributed by atoms with Crippen LogP contribution in [0.2, 0.25) is 0 Å². The summed E-state index contributed by atoms with van der Waals surface area (Å²) in [6.45, 7) is 1.96. The van der Waals surface area contributed by atoms with Crippen molar-refractivity contribution in [2.45, 2.75) is 13.5 Å². The van der Waals surface area contributed by atoms with Crippen molar-refractivity contribution in [3.05, 3.63) is 23.8 Å². The third-order valence-corrected chi connectivity index (χ3v) is 2.20. The van der Waals surface area contributed by atoms with Crippen LogP contribution >= 0.6 is 0 Å². The van der Waals surface area contributed by atoms with Gasteiger partial charge in [0.05, 0.1) is 19.3 Å². The Hall–Kier alpha value is -1.88. The first kappa shape index (κ1) is 10.6.